The molecule has 3 atom stereocenters. The number of unbranched alkanes of at least 4 members (excludes halogenated alkanes) is 1. The van der Waals surface area contributed by atoms with Gasteiger partial charge in [0, 0.05) is 30.3 Å². The van der Waals surface area contributed by atoms with Gasteiger partial charge in [0.2, 0.25) is 0 Å². The standard InChI is InChI=1S/C14H20N2O2S/c1-2-3-6-10(17)7-4-5-8-12-13-11(9-19-12)15-14(18)16-13/h1,11-13H,3-9H2,(H2,15,16,18)/t11-,12-,13-/m0/s1. The van der Waals surface area contributed by atoms with Crippen LogP contribution in [0.1, 0.15) is 38.5 Å². The molecule has 2 aliphatic heterocycles. The Hall–Kier alpha value is -1.15. The van der Waals surface area contributed by atoms with Crippen LogP contribution in [-0.2, 0) is 4.79 Å². The molecule has 0 bridgehead atoms. The minimum atomic E-state index is -0.0373. The minimum Gasteiger partial charge on any atom is -0.332 e. The number of nitrogens with one attached hydrogen (secondary N) is 2. The predicted molar refractivity (Wildman–Crippen MR) is 77.0 cm³/mol. The number of thioether (sulfide) groups is 1. The number of hydrogen-bond donors (Lipinski definition) is 2. The van der Waals surface area contributed by atoms with Gasteiger partial charge in [0.05, 0.1) is 12.1 Å². The van der Waals surface area contributed by atoms with Gasteiger partial charge in [-0.15, -0.1) is 12.3 Å². The summed E-state index contributed by atoms with van der Waals surface area (Å²) in [7, 11) is 0. The Kier molecular flexibility index (Phi) is 5.15. The van der Waals surface area contributed by atoms with E-state index in [1.807, 2.05) is 11.8 Å². The van der Waals surface area contributed by atoms with E-state index in [4.69, 9.17) is 6.42 Å². The molecular weight excluding hydrogens is 260 g/mol. The lowest BCUT2D eigenvalue weighted by Crippen LogP contribution is -2.36. The number of rotatable bonds is 7. The largest absolute Gasteiger partial charge is 0.332 e. The van der Waals surface area contributed by atoms with Gasteiger partial charge in [0.15, 0.2) is 0 Å². The van der Waals surface area contributed by atoms with Crippen molar-refractivity contribution in [1.29, 1.82) is 0 Å². The van der Waals surface area contributed by atoms with Crippen molar-refractivity contribution in [1.82, 2.24) is 10.6 Å². The third-order valence-corrected chi connectivity index (χ3v) is 5.19. The molecule has 5 heteroatoms. The average molecular weight is 280 g/mol. The van der Waals surface area contributed by atoms with Crippen molar-refractivity contribution in [3.63, 3.8) is 0 Å². The molecule has 0 aromatic heterocycles. The van der Waals surface area contributed by atoms with Crippen LogP contribution in [0.5, 0.6) is 0 Å². The van der Waals surface area contributed by atoms with E-state index in [0.717, 1.165) is 25.0 Å². The van der Waals surface area contributed by atoms with E-state index < -0.39 is 0 Å². The summed E-state index contributed by atoms with van der Waals surface area (Å²) in [4.78, 5) is 22.7. The summed E-state index contributed by atoms with van der Waals surface area (Å²) in [5.41, 5.74) is 0. The fourth-order valence-electron chi connectivity index (χ4n) is 2.65. The van der Waals surface area contributed by atoms with Crippen LogP contribution in [0.3, 0.4) is 0 Å². The first-order valence-corrected chi connectivity index (χ1v) is 7.89. The molecule has 2 heterocycles. The van der Waals surface area contributed by atoms with Crippen LogP contribution in [0.2, 0.25) is 0 Å². The topological polar surface area (TPSA) is 58.2 Å². The monoisotopic (exact) mass is 280 g/mol. The average Bonchev–Trinajstić information content (AvgIpc) is 2.92. The third kappa shape index (κ3) is 3.90. The molecule has 104 valence electrons. The van der Waals surface area contributed by atoms with E-state index in [9.17, 15) is 9.59 Å². The number of ketones is 1. The Labute approximate surface area is 118 Å². The van der Waals surface area contributed by atoms with Crippen molar-refractivity contribution in [3.8, 4) is 12.3 Å². The molecule has 0 saturated carbocycles. The van der Waals surface area contributed by atoms with Gasteiger partial charge >= 0.3 is 6.03 Å². The Morgan fingerprint density at radius 1 is 1.37 bits per heavy atom. The van der Waals surface area contributed by atoms with Gasteiger partial charge in [-0.25, -0.2) is 4.79 Å². The van der Waals surface area contributed by atoms with Crippen LogP contribution in [0.15, 0.2) is 0 Å². The summed E-state index contributed by atoms with van der Waals surface area (Å²) in [5, 5.41) is 6.41. The summed E-state index contributed by atoms with van der Waals surface area (Å²) in [6.07, 6.45) is 9.87. The molecule has 2 N–H and O–H groups in total. The quantitative estimate of drug-likeness (QED) is 0.424. The van der Waals surface area contributed by atoms with Gasteiger partial charge in [-0.05, 0) is 12.8 Å². The lowest BCUT2D eigenvalue weighted by Gasteiger charge is -2.16. The number of terminal acetylenes is 1. The van der Waals surface area contributed by atoms with Gasteiger partial charge in [-0.1, -0.05) is 6.42 Å². The maximum Gasteiger partial charge on any atom is 0.315 e. The zero-order chi connectivity index (χ0) is 13.7. The lowest BCUT2D eigenvalue weighted by atomic mass is 10.0. The molecule has 0 unspecified atom stereocenters. The SMILES string of the molecule is C#CCCC(=O)CCCC[C@@H]1SC[C@@H]2NC(=O)N[C@@H]21. The molecule has 0 aromatic carbocycles. The second kappa shape index (κ2) is 6.85. The Morgan fingerprint density at radius 3 is 3.00 bits per heavy atom. The normalized spacial score (nSPS) is 28.4. The van der Waals surface area contributed by atoms with Crippen molar-refractivity contribution in [3.05, 3.63) is 0 Å². The molecular formula is C14H20N2O2S. The first-order chi connectivity index (χ1) is 9.20. The third-order valence-electron chi connectivity index (χ3n) is 3.68. The first kappa shape index (κ1) is 14.3. The molecule has 2 rings (SSSR count). The number of carbonyl (C=O) groups is 2. The van der Waals surface area contributed by atoms with Gasteiger partial charge in [-0.3, -0.25) is 4.79 Å². The van der Waals surface area contributed by atoms with Gasteiger partial charge in [-0.2, -0.15) is 11.8 Å². The van der Waals surface area contributed by atoms with Crippen LogP contribution in [-0.4, -0.2) is 34.9 Å². The number of Topliss-reactive ketones (excluding diaryl/α,β-unsaturated/α-hetero) is 1. The number of amides is 2. The highest BCUT2D eigenvalue weighted by molar-refractivity contribution is 8.00. The smallest absolute Gasteiger partial charge is 0.315 e. The molecule has 0 radical (unpaired) electrons. The molecule has 2 saturated heterocycles. The number of carbonyl (C=O) groups excluding carboxylic acids is 2. The molecule has 2 aliphatic rings. The van der Waals surface area contributed by atoms with Crippen molar-refractivity contribution in [2.24, 2.45) is 0 Å². The molecule has 0 spiro atoms. The second-order valence-corrected chi connectivity index (χ2v) is 6.38. The summed E-state index contributed by atoms with van der Waals surface area (Å²) in [5.74, 6) is 3.76. The molecule has 0 aliphatic carbocycles. The number of fused-ring (bicyclic) bond motifs is 1. The van der Waals surface area contributed by atoms with Crippen LogP contribution in [0.25, 0.3) is 0 Å². The van der Waals surface area contributed by atoms with E-state index in [2.05, 4.69) is 16.6 Å². The minimum absolute atomic E-state index is 0.0373. The number of hydrogen-bond acceptors (Lipinski definition) is 3. The van der Waals surface area contributed by atoms with Crippen LogP contribution in [0, 0.1) is 12.3 Å². The van der Waals surface area contributed by atoms with E-state index in [0.29, 0.717) is 30.6 Å². The van der Waals surface area contributed by atoms with Crippen molar-refractivity contribution in [2.75, 3.05) is 5.75 Å². The predicted octanol–water partition coefficient (Wildman–Crippen LogP) is 1.69. The molecule has 4 nitrogen and oxygen atoms in total. The second-order valence-electron chi connectivity index (χ2n) is 5.11. The Morgan fingerprint density at radius 2 is 2.21 bits per heavy atom. The summed E-state index contributed by atoms with van der Waals surface area (Å²) >= 11 is 1.92. The maximum absolute atomic E-state index is 11.5. The fraction of sp³-hybridized carbons (Fsp3) is 0.714. The van der Waals surface area contributed by atoms with Gasteiger partial charge < -0.3 is 10.6 Å². The maximum atomic E-state index is 11.5. The van der Waals surface area contributed by atoms with Crippen molar-refractivity contribution in [2.45, 2.75) is 55.9 Å². The Bertz CT molecular complexity index is 391. The van der Waals surface area contributed by atoms with Crippen LogP contribution < -0.4 is 10.6 Å². The molecule has 19 heavy (non-hydrogen) atoms. The molecule has 2 amide bonds. The van der Waals surface area contributed by atoms with E-state index in [1.54, 1.807) is 0 Å². The molecule has 2 fully saturated rings. The zero-order valence-corrected chi connectivity index (χ0v) is 11.8. The highest BCUT2D eigenvalue weighted by Crippen LogP contribution is 2.33. The van der Waals surface area contributed by atoms with E-state index >= 15 is 0 Å². The van der Waals surface area contributed by atoms with E-state index in [-0.39, 0.29) is 17.9 Å². The van der Waals surface area contributed by atoms with Gasteiger partial charge in [0.1, 0.15) is 5.78 Å². The first-order valence-electron chi connectivity index (χ1n) is 6.84. The highest BCUT2D eigenvalue weighted by atomic mass is 32.2. The van der Waals surface area contributed by atoms with E-state index in [1.165, 1.54) is 0 Å². The summed E-state index contributed by atoms with van der Waals surface area (Å²) in [6, 6.07) is 0.527. The van der Waals surface area contributed by atoms with Crippen molar-refractivity contribution < 1.29 is 9.59 Å². The molecule has 0 aromatic rings. The highest BCUT2D eigenvalue weighted by Gasteiger charge is 2.42. The lowest BCUT2D eigenvalue weighted by molar-refractivity contribution is -0.119. The summed E-state index contributed by atoms with van der Waals surface area (Å²) < 4.78 is 0. The fourth-order valence-corrected chi connectivity index (χ4v) is 4.19. The Balaban J connectivity index is 1.60. The van der Waals surface area contributed by atoms with Crippen molar-refractivity contribution >= 4 is 23.6 Å². The number of urea groups is 1. The van der Waals surface area contributed by atoms with Crippen LogP contribution in [0.4, 0.5) is 4.79 Å². The van der Waals surface area contributed by atoms with Crippen LogP contribution >= 0.6 is 11.8 Å². The van der Waals surface area contributed by atoms with Gasteiger partial charge in [0.25, 0.3) is 0 Å². The zero-order valence-electron chi connectivity index (χ0n) is 11.0. The summed E-state index contributed by atoms with van der Waals surface area (Å²) in [6.45, 7) is 0.